The lowest BCUT2D eigenvalue weighted by atomic mass is 10.1. The molecule has 1 aromatic carbocycles. The van der Waals surface area contributed by atoms with Crippen LogP contribution in [0.5, 0.6) is 0 Å². The fourth-order valence-corrected chi connectivity index (χ4v) is 1.92. The van der Waals surface area contributed by atoms with E-state index in [9.17, 15) is 9.18 Å². The number of aryl methyl sites for hydroxylation is 3. The standard InChI is InChI=1S/C15H17FN4O/c1-10-9-11(2)18-15(17-10)20-19-14(21)8-7-12-5-3-4-6-13(12)16/h3-6,9H,7-8H2,1-2H3,(H,19,21)(H,17,18,20). The summed E-state index contributed by atoms with van der Waals surface area (Å²) in [6.07, 6.45) is 0.520. The van der Waals surface area contributed by atoms with Crippen LogP contribution in [0, 0.1) is 19.7 Å². The van der Waals surface area contributed by atoms with E-state index in [1.807, 2.05) is 19.9 Å². The first-order valence-corrected chi connectivity index (χ1v) is 6.65. The molecule has 0 radical (unpaired) electrons. The molecule has 1 heterocycles. The number of nitrogens with one attached hydrogen (secondary N) is 2. The summed E-state index contributed by atoms with van der Waals surface area (Å²) in [6, 6.07) is 8.26. The Balaban J connectivity index is 1.84. The molecule has 0 aliphatic rings. The number of carbonyl (C=O) groups is 1. The second-order valence-corrected chi connectivity index (χ2v) is 4.74. The highest BCUT2D eigenvalue weighted by molar-refractivity contribution is 5.77. The Hall–Kier alpha value is -2.50. The molecule has 0 fully saturated rings. The Labute approximate surface area is 122 Å². The minimum absolute atomic E-state index is 0.179. The van der Waals surface area contributed by atoms with Gasteiger partial charge in [0, 0.05) is 17.8 Å². The fraction of sp³-hybridized carbons (Fsp3) is 0.267. The number of rotatable bonds is 5. The smallest absolute Gasteiger partial charge is 0.242 e. The predicted molar refractivity (Wildman–Crippen MR) is 78.0 cm³/mol. The van der Waals surface area contributed by atoms with Crippen molar-refractivity contribution in [2.24, 2.45) is 0 Å². The van der Waals surface area contributed by atoms with Gasteiger partial charge < -0.3 is 0 Å². The van der Waals surface area contributed by atoms with E-state index in [4.69, 9.17) is 0 Å². The highest BCUT2D eigenvalue weighted by Gasteiger charge is 2.06. The van der Waals surface area contributed by atoms with Crippen LogP contribution in [-0.4, -0.2) is 15.9 Å². The maximum absolute atomic E-state index is 13.4. The first-order valence-electron chi connectivity index (χ1n) is 6.65. The molecule has 1 aromatic heterocycles. The Morgan fingerprint density at radius 3 is 2.52 bits per heavy atom. The molecule has 0 aliphatic heterocycles. The zero-order chi connectivity index (χ0) is 15.2. The zero-order valence-corrected chi connectivity index (χ0v) is 12.0. The molecule has 0 atom stereocenters. The number of hydrazine groups is 1. The van der Waals surface area contributed by atoms with Gasteiger partial charge >= 0.3 is 0 Å². The molecule has 0 bridgehead atoms. The van der Waals surface area contributed by atoms with Crippen LogP contribution in [0.3, 0.4) is 0 Å². The number of carbonyl (C=O) groups excluding carboxylic acids is 1. The molecule has 5 nitrogen and oxygen atoms in total. The third kappa shape index (κ3) is 4.52. The molecule has 6 heteroatoms. The fourth-order valence-electron chi connectivity index (χ4n) is 1.92. The number of hydrogen-bond acceptors (Lipinski definition) is 4. The van der Waals surface area contributed by atoms with Crippen molar-refractivity contribution in [2.45, 2.75) is 26.7 Å². The van der Waals surface area contributed by atoms with E-state index in [2.05, 4.69) is 20.8 Å². The van der Waals surface area contributed by atoms with Gasteiger partial charge in [0.05, 0.1) is 0 Å². The van der Waals surface area contributed by atoms with Crippen molar-refractivity contribution in [3.05, 3.63) is 53.1 Å². The summed E-state index contributed by atoms with van der Waals surface area (Å²) < 4.78 is 13.4. The van der Waals surface area contributed by atoms with Gasteiger partial charge in [0.1, 0.15) is 5.82 Å². The van der Waals surface area contributed by atoms with Gasteiger partial charge in [0.25, 0.3) is 0 Å². The number of benzene rings is 1. The maximum atomic E-state index is 13.4. The molecular formula is C15H17FN4O. The minimum Gasteiger partial charge on any atom is -0.273 e. The third-order valence-electron chi connectivity index (χ3n) is 2.88. The van der Waals surface area contributed by atoms with Gasteiger partial charge in [-0.25, -0.2) is 14.4 Å². The van der Waals surface area contributed by atoms with Gasteiger partial charge in [-0.05, 0) is 38.0 Å². The third-order valence-corrected chi connectivity index (χ3v) is 2.88. The molecule has 0 saturated carbocycles. The van der Waals surface area contributed by atoms with Crippen molar-refractivity contribution in [2.75, 3.05) is 5.43 Å². The molecule has 2 aromatic rings. The summed E-state index contributed by atoms with van der Waals surface area (Å²) in [5, 5.41) is 0. The topological polar surface area (TPSA) is 66.9 Å². The second kappa shape index (κ2) is 6.78. The average molecular weight is 288 g/mol. The Bertz CT molecular complexity index is 625. The Kier molecular flexibility index (Phi) is 4.81. The summed E-state index contributed by atoms with van der Waals surface area (Å²) in [7, 11) is 0. The van der Waals surface area contributed by atoms with E-state index in [-0.39, 0.29) is 18.1 Å². The molecule has 2 N–H and O–H groups in total. The van der Waals surface area contributed by atoms with Gasteiger partial charge in [-0.1, -0.05) is 18.2 Å². The molecular weight excluding hydrogens is 271 g/mol. The quantitative estimate of drug-likeness (QED) is 0.829. The average Bonchev–Trinajstić information content (AvgIpc) is 2.43. The van der Waals surface area contributed by atoms with E-state index < -0.39 is 0 Å². The van der Waals surface area contributed by atoms with Crippen LogP contribution in [0.1, 0.15) is 23.4 Å². The number of anilines is 1. The highest BCUT2D eigenvalue weighted by Crippen LogP contribution is 2.08. The van der Waals surface area contributed by atoms with E-state index in [0.29, 0.717) is 17.9 Å². The van der Waals surface area contributed by atoms with Crippen molar-refractivity contribution in [1.82, 2.24) is 15.4 Å². The SMILES string of the molecule is Cc1cc(C)nc(NNC(=O)CCc2ccccc2F)n1. The zero-order valence-electron chi connectivity index (χ0n) is 12.0. The minimum atomic E-state index is -0.295. The number of aromatic nitrogens is 2. The molecule has 0 saturated heterocycles. The Morgan fingerprint density at radius 1 is 1.19 bits per heavy atom. The lowest BCUT2D eigenvalue weighted by molar-refractivity contribution is -0.120. The first-order chi connectivity index (χ1) is 10.0. The molecule has 0 aliphatic carbocycles. The number of nitrogens with zero attached hydrogens (tertiary/aromatic N) is 2. The van der Waals surface area contributed by atoms with Gasteiger partial charge in [-0.2, -0.15) is 0 Å². The van der Waals surface area contributed by atoms with Crippen LogP contribution >= 0.6 is 0 Å². The number of amides is 1. The van der Waals surface area contributed by atoms with Gasteiger partial charge in [0.2, 0.25) is 11.9 Å². The normalized spacial score (nSPS) is 10.2. The van der Waals surface area contributed by atoms with Crippen LogP contribution in [-0.2, 0) is 11.2 Å². The van der Waals surface area contributed by atoms with Crippen molar-refractivity contribution >= 4 is 11.9 Å². The molecule has 0 spiro atoms. The molecule has 21 heavy (non-hydrogen) atoms. The van der Waals surface area contributed by atoms with Crippen LogP contribution in [0.2, 0.25) is 0 Å². The summed E-state index contributed by atoms with van der Waals surface area (Å²) in [4.78, 5) is 20.0. The van der Waals surface area contributed by atoms with Gasteiger partial charge in [-0.15, -0.1) is 0 Å². The molecule has 0 unspecified atom stereocenters. The lowest BCUT2D eigenvalue weighted by Crippen LogP contribution is -2.30. The van der Waals surface area contributed by atoms with Gasteiger partial charge in [-0.3, -0.25) is 15.6 Å². The highest BCUT2D eigenvalue weighted by atomic mass is 19.1. The largest absolute Gasteiger partial charge is 0.273 e. The summed E-state index contributed by atoms with van der Waals surface area (Å²) in [5.74, 6) is -0.205. The van der Waals surface area contributed by atoms with Crippen LogP contribution in [0.4, 0.5) is 10.3 Å². The lowest BCUT2D eigenvalue weighted by Gasteiger charge is -2.08. The maximum Gasteiger partial charge on any atom is 0.242 e. The Morgan fingerprint density at radius 2 is 1.86 bits per heavy atom. The van der Waals surface area contributed by atoms with Crippen LogP contribution in [0.15, 0.2) is 30.3 Å². The van der Waals surface area contributed by atoms with E-state index in [1.165, 1.54) is 6.07 Å². The van der Waals surface area contributed by atoms with Crippen LogP contribution in [0.25, 0.3) is 0 Å². The van der Waals surface area contributed by atoms with E-state index in [1.54, 1.807) is 18.2 Å². The summed E-state index contributed by atoms with van der Waals surface area (Å²) in [6.45, 7) is 3.69. The van der Waals surface area contributed by atoms with Crippen molar-refractivity contribution in [1.29, 1.82) is 0 Å². The number of hydrogen-bond donors (Lipinski definition) is 2. The molecule has 110 valence electrons. The van der Waals surface area contributed by atoms with Crippen molar-refractivity contribution in [3.63, 3.8) is 0 Å². The monoisotopic (exact) mass is 288 g/mol. The molecule has 1 amide bonds. The van der Waals surface area contributed by atoms with Crippen LogP contribution < -0.4 is 10.9 Å². The van der Waals surface area contributed by atoms with Crippen molar-refractivity contribution < 1.29 is 9.18 Å². The van der Waals surface area contributed by atoms with Crippen molar-refractivity contribution in [3.8, 4) is 0 Å². The van der Waals surface area contributed by atoms with Gasteiger partial charge in [0.15, 0.2) is 0 Å². The predicted octanol–water partition coefficient (Wildman–Crippen LogP) is 2.31. The summed E-state index contributed by atoms with van der Waals surface area (Å²) >= 11 is 0. The summed E-state index contributed by atoms with van der Waals surface area (Å²) in [5.41, 5.74) is 7.31. The van der Waals surface area contributed by atoms with E-state index in [0.717, 1.165) is 11.4 Å². The molecule has 2 rings (SSSR count). The first kappa shape index (κ1) is 14.9. The number of halogens is 1. The van der Waals surface area contributed by atoms with E-state index >= 15 is 0 Å². The second-order valence-electron chi connectivity index (χ2n) is 4.74.